The standard InChI is InChI=1S/C25H27BrClF3N2O3/c1-14-9-15(5-6-20(14)27)19-13-32(23(34)35-24(2,3)4)8-7-21(19)31-22(33)16-10-17(25(28,29)30)12-18(26)11-16/h5-6,9-12,19,21H,7-8,13H2,1-4H3,(H,31,33)/t19-,21?/m0/s1. The molecule has 0 bridgehead atoms. The van der Waals surface area contributed by atoms with E-state index in [2.05, 4.69) is 21.2 Å². The van der Waals surface area contributed by atoms with Crippen LogP contribution in [0.15, 0.2) is 40.9 Å². The predicted octanol–water partition coefficient (Wildman–Crippen LogP) is 6.95. The highest BCUT2D eigenvalue weighted by Gasteiger charge is 2.36. The first-order valence-corrected chi connectivity index (χ1v) is 12.2. The second-order valence-corrected chi connectivity index (χ2v) is 11.0. The summed E-state index contributed by atoms with van der Waals surface area (Å²) in [4.78, 5) is 27.3. The molecule has 0 saturated carbocycles. The van der Waals surface area contributed by atoms with Crippen molar-refractivity contribution in [3.8, 4) is 0 Å². The molecular formula is C25H27BrClF3N2O3. The van der Waals surface area contributed by atoms with Crippen molar-refractivity contribution in [3.05, 3.63) is 68.1 Å². The molecule has 1 N–H and O–H groups in total. The summed E-state index contributed by atoms with van der Waals surface area (Å²) in [5.41, 5.74) is 0.0147. The number of benzene rings is 2. The lowest BCUT2D eigenvalue weighted by molar-refractivity contribution is -0.137. The molecular weight excluding hydrogens is 549 g/mol. The second-order valence-electron chi connectivity index (χ2n) is 9.64. The van der Waals surface area contributed by atoms with Gasteiger partial charge in [0.25, 0.3) is 5.91 Å². The first-order chi connectivity index (χ1) is 16.1. The Labute approximate surface area is 216 Å². The zero-order chi connectivity index (χ0) is 26.1. The molecule has 1 saturated heterocycles. The molecule has 1 aliphatic rings. The molecule has 2 aromatic rings. The molecule has 1 fully saturated rings. The van der Waals surface area contributed by atoms with Crippen molar-refractivity contribution in [1.29, 1.82) is 0 Å². The van der Waals surface area contributed by atoms with Gasteiger partial charge in [-0.05, 0) is 69.5 Å². The molecule has 2 aromatic carbocycles. The zero-order valence-electron chi connectivity index (χ0n) is 19.8. The highest BCUT2D eigenvalue weighted by atomic mass is 79.9. The number of nitrogens with zero attached hydrogens (tertiary/aromatic N) is 1. The summed E-state index contributed by atoms with van der Waals surface area (Å²) in [5, 5.41) is 3.48. The van der Waals surface area contributed by atoms with Gasteiger partial charge in [-0.3, -0.25) is 4.79 Å². The van der Waals surface area contributed by atoms with Gasteiger partial charge in [-0.2, -0.15) is 13.2 Å². The van der Waals surface area contributed by atoms with E-state index in [0.717, 1.165) is 23.3 Å². The van der Waals surface area contributed by atoms with Gasteiger partial charge in [-0.1, -0.05) is 39.7 Å². The van der Waals surface area contributed by atoms with Crippen LogP contribution in [0.2, 0.25) is 5.02 Å². The molecule has 2 amide bonds. The Bertz CT molecular complexity index is 1120. The quantitative estimate of drug-likeness (QED) is 0.431. The minimum absolute atomic E-state index is 0.104. The van der Waals surface area contributed by atoms with Gasteiger partial charge in [-0.15, -0.1) is 0 Å². The minimum atomic E-state index is -4.58. The number of ether oxygens (including phenoxy) is 1. The van der Waals surface area contributed by atoms with Gasteiger partial charge in [0.2, 0.25) is 0 Å². The van der Waals surface area contributed by atoms with Crippen LogP contribution in [-0.4, -0.2) is 41.6 Å². The number of hydrogen-bond donors (Lipinski definition) is 1. The van der Waals surface area contributed by atoms with Crippen LogP contribution in [0.3, 0.4) is 0 Å². The van der Waals surface area contributed by atoms with E-state index < -0.39 is 35.4 Å². The Morgan fingerprint density at radius 3 is 2.43 bits per heavy atom. The van der Waals surface area contributed by atoms with Crippen molar-refractivity contribution in [2.45, 2.75) is 57.9 Å². The van der Waals surface area contributed by atoms with Gasteiger partial charge in [0.15, 0.2) is 0 Å². The highest BCUT2D eigenvalue weighted by molar-refractivity contribution is 9.10. The smallest absolute Gasteiger partial charge is 0.416 e. The average Bonchev–Trinajstić information content (AvgIpc) is 2.73. The summed E-state index contributed by atoms with van der Waals surface area (Å²) in [7, 11) is 0. The van der Waals surface area contributed by atoms with Crippen LogP contribution in [-0.2, 0) is 10.9 Å². The van der Waals surface area contributed by atoms with E-state index >= 15 is 0 Å². The molecule has 0 aliphatic carbocycles. The largest absolute Gasteiger partial charge is 0.444 e. The van der Waals surface area contributed by atoms with Crippen molar-refractivity contribution in [2.75, 3.05) is 13.1 Å². The number of piperidine rings is 1. The molecule has 10 heteroatoms. The number of nitrogens with one attached hydrogen (secondary N) is 1. The number of alkyl halides is 3. The SMILES string of the molecule is Cc1cc([C@@H]2CN(C(=O)OC(C)(C)C)CCC2NC(=O)c2cc(Br)cc(C(F)(F)F)c2)ccc1Cl. The van der Waals surface area contributed by atoms with E-state index in [-0.39, 0.29) is 22.5 Å². The lowest BCUT2D eigenvalue weighted by Crippen LogP contribution is -2.52. The molecule has 2 atom stereocenters. The van der Waals surface area contributed by atoms with Gasteiger partial charge < -0.3 is 15.0 Å². The van der Waals surface area contributed by atoms with E-state index in [9.17, 15) is 22.8 Å². The molecule has 1 unspecified atom stereocenters. The maximum Gasteiger partial charge on any atom is 0.416 e. The molecule has 1 heterocycles. The van der Waals surface area contributed by atoms with Gasteiger partial charge in [0.1, 0.15) is 5.60 Å². The molecule has 0 radical (unpaired) electrons. The molecule has 190 valence electrons. The Hall–Kier alpha value is -2.26. The first kappa shape index (κ1) is 27.3. The summed E-state index contributed by atoms with van der Waals surface area (Å²) >= 11 is 9.25. The van der Waals surface area contributed by atoms with Crippen LogP contribution >= 0.6 is 27.5 Å². The van der Waals surface area contributed by atoms with Gasteiger partial charge >= 0.3 is 12.3 Å². The molecule has 0 aromatic heterocycles. The zero-order valence-corrected chi connectivity index (χ0v) is 22.1. The van der Waals surface area contributed by atoms with E-state index in [1.165, 1.54) is 6.07 Å². The van der Waals surface area contributed by atoms with E-state index in [1.807, 2.05) is 19.1 Å². The van der Waals surface area contributed by atoms with Crippen LogP contribution in [0, 0.1) is 6.92 Å². The number of aryl methyl sites for hydroxylation is 1. The summed E-state index contributed by atoms with van der Waals surface area (Å²) in [6, 6.07) is 8.16. The van der Waals surface area contributed by atoms with Crippen LogP contribution in [0.25, 0.3) is 0 Å². The van der Waals surface area contributed by atoms with Crippen LogP contribution in [0.1, 0.15) is 60.2 Å². The first-order valence-electron chi connectivity index (χ1n) is 11.1. The lowest BCUT2D eigenvalue weighted by atomic mass is 9.85. The summed E-state index contributed by atoms with van der Waals surface area (Å²) in [5.74, 6) is -0.936. The predicted molar refractivity (Wildman–Crippen MR) is 132 cm³/mol. The Morgan fingerprint density at radius 2 is 1.83 bits per heavy atom. The third-order valence-corrected chi connectivity index (χ3v) is 6.56. The third-order valence-electron chi connectivity index (χ3n) is 5.68. The fourth-order valence-electron chi connectivity index (χ4n) is 3.99. The Morgan fingerprint density at radius 1 is 1.14 bits per heavy atom. The van der Waals surface area contributed by atoms with Crippen LogP contribution in [0.5, 0.6) is 0 Å². The monoisotopic (exact) mass is 574 g/mol. The van der Waals surface area contributed by atoms with Crippen LogP contribution in [0.4, 0.5) is 18.0 Å². The maximum absolute atomic E-state index is 13.2. The highest BCUT2D eigenvalue weighted by Crippen LogP contribution is 2.33. The van der Waals surface area contributed by atoms with Crippen molar-refractivity contribution in [3.63, 3.8) is 0 Å². The number of carbonyl (C=O) groups is 2. The molecule has 3 rings (SSSR count). The lowest BCUT2D eigenvalue weighted by Gasteiger charge is -2.39. The number of hydrogen-bond acceptors (Lipinski definition) is 3. The fraction of sp³-hybridized carbons (Fsp3) is 0.440. The van der Waals surface area contributed by atoms with Gasteiger partial charge in [0, 0.05) is 40.1 Å². The van der Waals surface area contributed by atoms with Crippen molar-refractivity contribution >= 4 is 39.5 Å². The summed E-state index contributed by atoms with van der Waals surface area (Å²) in [6.07, 6.45) is -4.64. The number of carbonyl (C=O) groups excluding carboxylic acids is 2. The van der Waals surface area contributed by atoms with Crippen molar-refractivity contribution in [2.24, 2.45) is 0 Å². The van der Waals surface area contributed by atoms with Crippen molar-refractivity contribution < 1.29 is 27.5 Å². The molecule has 0 spiro atoms. The number of amides is 2. The topological polar surface area (TPSA) is 58.6 Å². The van der Waals surface area contributed by atoms with Gasteiger partial charge in [0.05, 0.1) is 5.56 Å². The van der Waals surface area contributed by atoms with Crippen molar-refractivity contribution in [1.82, 2.24) is 10.2 Å². The maximum atomic E-state index is 13.2. The van der Waals surface area contributed by atoms with Crippen LogP contribution < -0.4 is 5.32 Å². The second kappa shape index (κ2) is 10.4. The number of likely N-dealkylation sites (tertiary alicyclic amines) is 1. The third kappa shape index (κ3) is 7.13. The summed E-state index contributed by atoms with van der Waals surface area (Å²) < 4.78 is 45.4. The van der Waals surface area contributed by atoms with E-state index in [1.54, 1.807) is 31.7 Å². The normalized spacial score (nSPS) is 18.8. The molecule has 5 nitrogen and oxygen atoms in total. The Kier molecular flexibility index (Phi) is 8.11. The summed E-state index contributed by atoms with van der Waals surface area (Å²) in [6.45, 7) is 7.80. The number of rotatable bonds is 3. The fourth-order valence-corrected chi connectivity index (χ4v) is 4.60. The molecule has 35 heavy (non-hydrogen) atoms. The Balaban J connectivity index is 1.88. The van der Waals surface area contributed by atoms with E-state index in [4.69, 9.17) is 16.3 Å². The van der Waals surface area contributed by atoms with Gasteiger partial charge in [-0.25, -0.2) is 4.79 Å². The molecule has 1 aliphatic heterocycles. The average molecular weight is 576 g/mol. The minimum Gasteiger partial charge on any atom is -0.444 e. The number of halogens is 5. The van der Waals surface area contributed by atoms with E-state index in [0.29, 0.717) is 18.0 Å².